The molecular weight excluding hydrogens is 310 g/mol. The highest BCUT2D eigenvalue weighted by Gasteiger charge is 2.23. The number of nitrogens with zero attached hydrogens (tertiary/aromatic N) is 2. The van der Waals surface area contributed by atoms with Crippen LogP contribution in [0.1, 0.15) is 26.7 Å². The molecule has 0 saturated carbocycles. The molecule has 1 atom stereocenters. The fourth-order valence-corrected chi connectivity index (χ4v) is 3.78. The molecule has 124 valence electrons. The monoisotopic (exact) mass is 333 g/mol. The maximum Gasteiger partial charge on any atom is 0.246 e. The van der Waals surface area contributed by atoms with Gasteiger partial charge in [-0.15, -0.1) is 0 Å². The van der Waals surface area contributed by atoms with Crippen LogP contribution in [-0.4, -0.2) is 42.7 Å². The minimum absolute atomic E-state index is 0.0325. The molecule has 5 nitrogen and oxygen atoms in total. The van der Waals surface area contributed by atoms with Crippen molar-refractivity contribution in [3.05, 3.63) is 24.3 Å². The molecular formula is C17H23N3O2S. The second-order valence-electron chi connectivity index (χ2n) is 6.18. The van der Waals surface area contributed by atoms with E-state index in [-0.39, 0.29) is 24.7 Å². The number of amides is 1. The summed E-state index contributed by atoms with van der Waals surface area (Å²) in [6.45, 7) is 5.81. The third-order valence-electron chi connectivity index (χ3n) is 3.89. The Labute approximate surface area is 140 Å². The van der Waals surface area contributed by atoms with Crippen LogP contribution in [0.2, 0.25) is 0 Å². The summed E-state index contributed by atoms with van der Waals surface area (Å²) in [5, 5.41) is 4.12. The minimum Gasteiger partial charge on any atom is -0.369 e. The number of carbonyl (C=O) groups excluding carboxylic acids is 1. The molecule has 1 aliphatic rings. The maximum absolute atomic E-state index is 11.9. The summed E-state index contributed by atoms with van der Waals surface area (Å²) in [7, 11) is 0. The van der Waals surface area contributed by atoms with Crippen molar-refractivity contribution in [1.29, 1.82) is 0 Å². The molecule has 0 bridgehead atoms. The Morgan fingerprint density at radius 2 is 2.30 bits per heavy atom. The number of ether oxygens (including phenoxy) is 1. The first kappa shape index (κ1) is 16.2. The van der Waals surface area contributed by atoms with Gasteiger partial charge < -0.3 is 15.0 Å². The molecule has 1 fully saturated rings. The summed E-state index contributed by atoms with van der Waals surface area (Å²) in [5.74, 6) is -0.0325. The number of aromatic nitrogens is 1. The highest BCUT2D eigenvalue weighted by atomic mass is 32.1. The highest BCUT2D eigenvalue weighted by molar-refractivity contribution is 7.22. The van der Waals surface area contributed by atoms with E-state index in [9.17, 15) is 4.79 Å². The summed E-state index contributed by atoms with van der Waals surface area (Å²) in [6, 6.07) is 8.36. The molecule has 0 radical (unpaired) electrons. The Hall–Kier alpha value is -1.66. The van der Waals surface area contributed by atoms with Gasteiger partial charge in [0.1, 0.15) is 6.61 Å². The van der Waals surface area contributed by atoms with E-state index >= 15 is 0 Å². The molecule has 0 spiro atoms. The lowest BCUT2D eigenvalue weighted by Gasteiger charge is -2.33. The van der Waals surface area contributed by atoms with Gasteiger partial charge in [0.2, 0.25) is 5.91 Å². The predicted octanol–water partition coefficient (Wildman–Crippen LogP) is 2.81. The Morgan fingerprint density at radius 3 is 3.09 bits per heavy atom. The van der Waals surface area contributed by atoms with E-state index in [1.54, 1.807) is 11.3 Å². The van der Waals surface area contributed by atoms with E-state index < -0.39 is 0 Å². The second-order valence-corrected chi connectivity index (χ2v) is 7.19. The van der Waals surface area contributed by atoms with Crippen LogP contribution in [0.5, 0.6) is 0 Å². The topological polar surface area (TPSA) is 54.5 Å². The molecule has 23 heavy (non-hydrogen) atoms. The van der Waals surface area contributed by atoms with Gasteiger partial charge in [0.05, 0.1) is 16.3 Å². The first-order valence-corrected chi connectivity index (χ1v) is 8.95. The van der Waals surface area contributed by atoms with E-state index in [0.29, 0.717) is 0 Å². The van der Waals surface area contributed by atoms with Crippen LogP contribution in [0.15, 0.2) is 24.3 Å². The van der Waals surface area contributed by atoms with Crippen molar-refractivity contribution in [3.8, 4) is 0 Å². The third kappa shape index (κ3) is 4.20. The molecule has 6 heteroatoms. The minimum atomic E-state index is -0.0325. The third-order valence-corrected chi connectivity index (χ3v) is 4.98. The zero-order valence-electron chi connectivity index (χ0n) is 13.6. The van der Waals surface area contributed by atoms with Crippen molar-refractivity contribution >= 4 is 32.6 Å². The molecule has 3 rings (SSSR count). The van der Waals surface area contributed by atoms with Crippen molar-refractivity contribution in [2.24, 2.45) is 0 Å². The number of para-hydroxylation sites is 1. The van der Waals surface area contributed by atoms with Crippen LogP contribution in [0.25, 0.3) is 10.2 Å². The molecule has 2 aromatic rings. The van der Waals surface area contributed by atoms with Crippen molar-refractivity contribution < 1.29 is 9.53 Å². The van der Waals surface area contributed by atoms with Gasteiger partial charge in [-0.3, -0.25) is 4.79 Å². The Balaban J connectivity index is 1.60. The van der Waals surface area contributed by atoms with Gasteiger partial charge in [-0.25, -0.2) is 4.98 Å². The van der Waals surface area contributed by atoms with Crippen molar-refractivity contribution in [2.45, 2.75) is 38.8 Å². The maximum atomic E-state index is 11.9. The Morgan fingerprint density at radius 1 is 1.48 bits per heavy atom. The summed E-state index contributed by atoms with van der Waals surface area (Å²) in [5.41, 5.74) is 1.05. The Bertz CT molecular complexity index is 638. The van der Waals surface area contributed by atoms with E-state index in [4.69, 9.17) is 9.72 Å². The van der Waals surface area contributed by atoms with Crippen LogP contribution in [0, 0.1) is 0 Å². The fourth-order valence-electron chi connectivity index (χ4n) is 2.78. The summed E-state index contributed by atoms with van der Waals surface area (Å²) in [6.07, 6.45) is 2.15. The second kappa shape index (κ2) is 7.27. The number of piperidine rings is 1. The standard InChI is InChI=1S/C17H23N3O2S/c1-12(2)22-11-16(21)18-13-6-5-9-20(10-13)17-19-14-7-3-4-8-15(14)23-17/h3-4,7-8,12-13H,5-6,9-11H2,1-2H3,(H,18,21)/t13-/m0/s1. The zero-order chi connectivity index (χ0) is 16.2. The van der Waals surface area contributed by atoms with Gasteiger partial charge in [0, 0.05) is 19.1 Å². The lowest BCUT2D eigenvalue weighted by molar-refractivity contribution is -0.127. The average molecular weight is 333 g/mol. The van der Waals surface area contributed by atoms with Gasteiger partial charge in [-0.05, 0) is 38.8 Å². The van der Waals surface area contributed by atoms with E-state index in [1.165, 1.54) is 4.70 Å². The predicted molar refractivity (Wildman–Crippen MR) is 94.1 cm³/mol. The molecule has 2 heterocycles. The number of hydrogen-bond acceptors (Lipinski definition) is 5. The van der Waals surface area contributed by atoms with Crippen LogP contribution in [-0.2, 0) is 9.53 Å². The summed E-state index contributed by atoms with van der Waals surface area (Å²) < 4.78 is 6.57. The number of hydrogen-bond donors (Lipinski definition) is 1. The first-order valence-electron chi connectivity index (χ1n) is 8.13. The average Bonchev–Trinajstić information content (AvgIpc) is 2.97. The summed E-state index contributed by atoms with van der Waals surface area (Å²) in [4.78, 5) is 18.9. The molecule has 1 aromatic heterocycles. The molecule has 1 aliphatic heterocycles. The highest BCUT2D eigenvalue weighted by Crippen LogP contribution is 2.30. The zero-order valence-corrected chi connectivity index (χ0v) is 14.4. The summed E-state index contributed by atoms with van der Waals surface area (Å²) >= 11 is 1.72. The van der Waals surface area contributed by atoms with Crippen molar-refractivity contribution in [3.63, 3.8) is 0 Å². The number of anilines is 1. The first-order chi connectivity index (χ1) is 11.1. The van der Waals surface area contributed by atoms with Gasteiger partial charge in [-0.1, -0.05) is 23.5 Å². The number of nitrogens with one attached hydrogen (secondary N) is 1. The molecule has 1 amide bonds. The number of rotatable bonds is 5. The molecule has 1 N–H and O–H groups in total. The Kier molecular flexibility index (Phi) is 5.13. The SMILES string of the molecule is CC(C)OCC(=O)N[C@H]1CCCN(c2nc3ccccc3s2)C1. The molecule has 0 aliphatic carbocycles. The van der Waals surface area contributed by atoms with Gasteiger partial charge >= 0.3 is 0 Å². The van der Waals surface area contributed by atoms with Crippen LogP contribution < -0.4 is 10.2 Å². The van der Waals surface area contributed by atoms with E-state index in [0.717, 1.165) is 36.6 Å². The van der Waals surface area contributed by atoms with Crippen LogP contribution in [0.3, 0.4) is 0 Å². The number of fused-ring (bicyclic) bond motifs is 1. The lowest BCUT2D eigenvalue weighted by Crippen LogP contribution is -2.48. The van der Waals surface area contributed by atoms with Crippen LogP contribution >= 0.6 is 11.3 Å². The smallest absolute Gasteiger partial charge is 0.246 e. The number of benzene rings is 1. The number of thiazole rings is 1. The van der Waals surface area contributed by atoms with E-state index in [1.807, 2.05) is 32.0 Å². The van der Waals surface area contributed by atoms with Crippen molar-refractivity contribution in [2.75, 3.05) is 24.6 Å². The van der Waals surface area contributed by atoms with Gasteiger partial charge in [0.15, 0.2) is 5.13 Å². The van der Waals surface area contributed by atoms with E-state index in [2.05, 4.69) is 16.3 Å². The van der Waals surface area contributed by atoms with Crippen molar-refractivity contribution in [1.82, 2.24) is 10.3 Å². The lowest BCUT2D eigenvalue weighted by atomic mass is 10.1. The van der Waals surface area contributed by atoms with Gasteiger partial charge in [-0.2, -0.15) is 0 Å². The van der Waals surface area contributed by atoms with Gasteiger partial charge in [0.25, 0.3) is 0 Å². The largest absolute Gasteiger partial charge is 0.369 e. The quantitative estimate of drug-likeness (QED) is 0.914. The molecule has 1 saturated heterocycles. The number of carbonyl (C=O) groups is 1. The normalized spacial score (nSPS) is 18.6. The fraction of sp³-hybridized carbons (Fsp3) is 0.529. The molecule has 1 aromatic carbocycles. The molecule has 0 unspecified atom stereocenters. The van der Waals surface area contributed by atoms with Crippen LogP contribution in [0.4, 0.5) is 5.13 Å².